The summed E-state index contributed by atoms with van der Waals surface area (Å²) in [5.74, 6) is 0.583. The van der Waals surface area contributed by atoms with E-state index in [0.717, 1.165) is 33.9 Å². The monoisotopic (exact) mass is 503 g/mol. The molecular weight excluding hydrogens is 483 g/mol. The number of fused-ring (bicyclic) bond motifs is 1. The molecule has 0 atom stereocenters. The number of nitrogens with zero attached hydrogens (tertiary/aromatic N) is 1. The molecule has 6 heteroatoms. The van der Waals surface area contributed by atoms with Gasteiger partial charge in [-0.3, -0.25) is 4.98 Å². The van der Waals surface area contributed by atoms with Gasteiger partial charge in [-0.1, -0.05) is 78.3 Å². The average Bonchev–Trinajstić information content (AvgIpc) is 2.87. The number of hydrogen-bond donors (Lipinski definition) is 0. The van der Waals surface area contributed by atoms with E-state index in [-0.39, 0.29) is 12.1 Å². The Kier molecular flexibility index (Phi) is 6.42. The quantitative estimate of drug-likeness (QED) is 0.238. The highest BCUT2D eigenvalue weighted by atomic mass is 35.5. The number of para-hydroxylation sites is 1. The van der Waals surface area contributed by atoms with Crippen LogP contribution in [0.4, 0.5) is 13.2 Å². The number of pyridine rings is 1. The fraction of sp³-hybridized carbons (Fsp3) is 0.100. The Morgan fingerprint density at radius 1 is 0.833 bits per heavy atom. The predicted octanol–water partition coefficient (Wildman–Crippen LogP) is 9.13. The average molecular weight is 504 g/mol. The van der Waals surface area contributed by atoms with Crippen molar-refractivity contribution in [1.29, 1.82) is 0 Å². The largest absolute Gasteiger partial charge is 0.489 e. The minimum absolute atomic E-state index is 0.0836. The number of aryl methyl sites for hydroxylation is 1. The Morgan fingerprint density at radius 3 is 2.36 bits per heavy atom. The second kappa shape index (κ2) is 9.67. The number of aromatic nitrogens is 1. The lowest BCUT2D eigenvalue weighted by Crippen LogP contribution is -2.07. The molecule has 1 aromatic heterocycles. The number of rotatable bonds is 5. The molecule has 36 heavy (non-hydrogen) atoms. The van der Waals surface area contributed by atoms with Gasteiger partial charge in [0.05, 0.1) is 11.1 Å². The van der Waals surface area contributed by atoms with Gasteiger partial charge in [0, 0.05) is 33.3 Å². The van der Waals surface area contributed by atoms with Crippen LogP contribution in [0.3, 0.4) is 0 Å². The van der Waals surface area contributed by atoms with Crippen molar-refractivity contribution in [1.82, 2.24) is 4.98 Å². The van der Waals surface area contributed by atoms with Crippen LogP contribution in [0.2, 0.25) is 5.02 Å². The summed E-state index contributed by atoms with van der Waals surface area (Å²) in [6.07, 6.45) is -2.99. The van der Waals surface area contributed by atoms with Gasteiger partial charge in [-0.15, -0.1) is 0 Å². The second-order valence-corrected chi connectivity index (χ2v) is 8.88. The normalized spacial score (nSPS) is 11.6. The maximum Gasteiger partial charge on any atom is 0.418 e. The van der Waals surface area contributed by atoms with Gasteiger partial charge in [0.1, 0.15) is 12.4 Å². The molecule has 0 spiro atoms. The van der Waals surface area contributed by atoms with Crippen molar-refractivity contribution in [2.45, 2.75) is 19.7 Å². The summed E-state index contributed by atoms with van der Waals surface area (Å²) in [5.41, 5.74) is 4.06. The third kappa shape index (κ3) is 4.67. The molecule has 0 aliphatic rings. The summed E-state index contributed by atoms with van der Waals surface area (Å²) in [6, 6.07) is 26.7. The standard InChI is InChI=1S/C30H21ClF3NO/c1-19-8-2-4-12-23(19)25-17-35-29-24(13-7-14-26(29)30(32,33)34)28(25)20-10-6-11-22(16-20)36-18-21-9-3-5-15-27(21)31/h2-17H,18H2,1H3. The van der Waals surface area contributed by atoms with Gasteiger partial charge in [0.25, 0.3) is 0 Å². The smallest absolute Gasteiger partial charge is 0.418 e. The van der Waals surface area contributed by atoms with Crippen LogP contribution < -0.4 is 4.74 Å². The van der Waals surface area contributed by atoms with E-state index in [1.165, 1.54) is 12.3 Å². The Bertz CT molecular complexity index is 1560. The topological polar surface area (TPSA) is 22.1 Å². The van der Waals surface area contributed by atoms with E-state index < -0.39 is 11.7 Å². The fourth-order valence-corrected chi connectivity index (χ4v) is 4.55. The van der Waals surface area contributed by atoms with E-state index in [1.807, 2.05) is 73.7 Å². The summed E-state index contributed by atoms with van der Waals surface area (Å²) in [4.78, 5) is 4.29. The van der Waals surface area contributed by atoms with E-state index in [4.69, 9.17) is 16.3 Å². The summed E-state index contributed by atoms with van der Waals surface area (Å²) < 4.78 is 47.5. The lowest BCUT2D eigenvalue weighted by Gasteiger charge is -2.18. The van der Waals surface area contributed by atoms with Gasteiger partial charge in [-0.2, -0.15) is 13.2 Å². The van der Waals surface area contributed by atoms with Crippen LogP contribution in [0, 0.1) is 6.92 Å². The maximum absolute atomic E-state index is 13.8. The zero-order chi connectivity index (χ0) is 25.3. The van der Waals surface area contributed by atoms with E-state index in [2.05, 4.69) is 4.98 Å². The minimum atomic E-state index is -4.52. The van der Waals surface area contributed by atoms with Crippen LogP contribution in [0.1, 0.15) is 16.7 Å². The highest BCUT2D eigenvalue weighted by Gasteiger charge is 2.33. The van der Waals surface area contributed by atoms with Gasteiger partial charge >= 0.3 is 6.18 Å². The van der Waals surface area contributed by atoms with Gasteiger partial charge < -0.3 is 4.74 Å². The van der Waals surface area contributed by atoms with Crippen molar-refractivity contribution < 1.29 is 17.9 Å². The van der Waals surface area contributed by atoms with E-state index in [0.29, 0.717) is 21.7 Å². The lowest BCUT2D eigenvalue weighted by molar-refractivity contribution is -0.136. The number of halogens is 4. The number of benzene rings is 4. The molecule has 5 aromatic rings. The molecule has 0 fully saturated rings. The first-order valence-electron chi connectivity index (χ1n) is 11.3. The van der Waals surface area contributed by atoms with Crippen molar-refractivity contribution in [3.8, 4) is 28.0 Å². The first-order chi connectivity index (χ1) is 17.3. The molecule has 0 saturated heterocycles. The van der Waals surface area contributed by atoms with Crippen molar-refractivity contribution in [2.24, 2.45) is 0 Å². The first kappa shape index (κ1) is 23.9. The molecule has 0 radical (unpaired) electrons. The molecule has 1 heterocycles. The van der Waals surface area contributed by atoms with Gasteiger partial charge in [-0.05, 0) is 47.9 Å². The number of ether oxygens (including phenoxy) is 1. The zero-order valence-electron chi connectivity index (χ0n) is 19.3. The van der Waals surface area contributed by atoms with Crippen LogP contribution in [0.5, 0.6) is 5.75 Å². The predicted molar refractivity (Wildman–Crippen MR) is 138 cm³/mol. The summed E-state index contributed by atoms with van der Waals surface area (Å²) in [7, 11) is 0. The summed E-state index contributed by atoms with van der Waals surface area (Å²) in [6.45, 7) is 2.24. The molecule has 4 aromatic carbocycles. The first-order valence-corrected chi connectivity index (χ1v) is 11.7. The van der Waals surface area contributed by atoms with Crippen molar-refractivity contribution in [3.05, 3.63) is 119 Å². The minimum Gasteiger partial charge on any atom is -0.489 e. The van der Waals surface area contributed by atoms with Crippen molar-refractivity contribution in [3.63, 3.8) is 0 Å². The molecule has 180 valence electrons. The van der Waals surface area contributed by atoms with Crippen LogP contribution in [0.15, 0.2) is 97.2 Å². The zero-order valence-corrected chi connectivity index (χ0v) is 20.1. The molecule has 0 aliphatic carbocycles. The Hall–Kier alpha value is -3.83. The van der Waals surface area contributed by atoms with E-state index >= 15 is 0 Å². The van der Waals surface area contributed by atoms with Crippen LogP contribution in [0.25, 0.3) is 33.2 Å². The van der Waals surface area contributed by atoms with E-state index in [9.17, 15) is 13.2 Å². The third-order valence-electron chi connectivity index (χ3n) is 6.11. The van der Waals surface area contributed by atoms with Gasteiger partial charge in [-0.25, -0.2) is 0 Å². The molecule has 0 unspecified atom stereocenters. The van der Waals surface area contributed by atoms with Gasteiger partial charge in [0.15, 0.2) is 0 Å². The van der Waals surface area contributed by atoms with Gasteiger partial charge in [0.2, 0.25) is 0 Å². The van der Waals surface area contributed by atoms with Crippen LogP contribution in [-0.4, -0.2) is 4.98 Å². The molecule has 5 rings (SSSR count). The van der Waals surface area contributed by atoms with Crippen molar-refractivity contribution >= 4 is 22.5 Å². The number of hydrogen-bond acceptors (Lipinski definition) is 2. The lowest BCUT2D eigenvalue weighted by atomic mass is 9.90. The molecule has 0 bridgehead atoms. The highest BCUT2D eigenvalue weighted by molar-refractivity contribution is 6.31. The third-order valence-corrected chi connectivity index (χ3v) is 6.48. The molecule has 0 amide bonds. The SMILES string of the molecule is Cc1ccccc1-c1cnc2c(C(F)(F)F)cccc2c1-c1cccc(OCc2ccccc2Cl)c1. The van der Waals surface area contributed by atoms with E-state index in [1.54, 1.807) is 12.1 Å². The Morgan fingerprint density at radius 2 is 1.58 bits per heavy atom. The number of alkyl halides is 3. The molecule has 0 saturated carbocycles. The van der Waals surface area contributed by atoms with Crippen LogP contribution >= 0.6 is 11.6 Å². The molecule has 0 N–H and O–H groups in total. The summed E-state index contributed by atoms with van der Waals surface area (Å²) in [5, 5.41) is 1.03. The van der Waals surface area contributed by atoms with Crippen LogP contribution in [-0.2, 0) is 12.8 Å². The second-order valence-electron chi connectivity index (χ2n) is 8.47. The highest BCUT2D eigenvalue weighted by Crippen LogP contribution is 2.42. The fourth-order valence-electron chi connectivity index (χ4n) is 4.36. The molecular formula is C30H21ClF3NO. The Balaban J connectivity index is 1.68. The maximum atomic E-state index is 13.8. The summed E-state index contributed by atoms with van der Waals surface area (Å²) >= 11 is 6.26. The Labute approximate surface area is 212 Å². The molecule has 0 aliphatic heterocycles. The van der Waals surface area contributed by atoms with Crippen molar-refractivity contribution in [2.75, 3.05) is 0 Å². The molecule has 2 nitrogen and oxygen atoms in total.